The standard InChI is InChI=1S/C28H25N3O3S/c1-34-27(32)20-8-5-9-22(17-20)29-28(33)31-18-21-7-3-4-10-24(21)30-16-6-11-25(30)26(31)19-12-14-23(35-2)15-13-19/h3-17,26H,18H2,1-2H3,(H,29,33). The lowest BCUT2D eigenvalue weighted by atomic mass is 10.0. The first-order valence-corrected chi connectivity index (χ1v) is 12.5. The molecule has 1 aromatic heterocycles. The number of rotatable bonds is 4. The maximum absolute atomic E-state index is 13.8. The van der Waals surface area contributed by atoms with Crippen LogP contribution >= 0.6 is 11.8 Å². The van der Waals surface area contributed by atoms with Crippen LogP contribution in [0.15, 0.2) is 96.0 Å². The van der Waals surface area contributed by atoms with Gasteiger partial charge in [-0.05, 0) is 65.9 Å². The number of urea groups is 1. The van der Waals surface area contributed by atoms with Crippen molar-refractivity contribution in [3.63, 3.8) is 0 Å². The fraction of sp³-hybridized carbons (Fsp3) is 0.143. The lowest BCUT2D eigenvalue weighted by Crippen LogP contribution is -2.38. The molecular weight excluding hydrogens is 458 g/mol. The van der Waals surface area contributed by atoms with E-state index in [1.165, 1.54) is 7.11 Å². The first-order valence-electron chi connectivity index (χ1n) is 11.2. The largest absolute Gasteiger partial charge is 0.465 e. The maximum atomic E-state index is 13.8. The lowest BCUT2D eigenvalue weighted by Gasteiger charge is -2.31. The van der Waals surface area contributed by atoms with Crippen LogP contribution in [0.2, 0.25) is 0 Å². The summed E-state index contributed by atoms with van der Waals surface area (Å²) in [5, 5.41) is 3.00. The van der Waals surface area contributed by atoms with Gasteiger partial charge in [-0.25, -0.2) is 9.59 Å². The van der Waals surface area contributed by atoms with Gasteiger partial charge in [-0.2, -0.15) is 0 Å². The summed E-state index contributed by atoms with van der Waals surface area (Å²) in [6.45, 7) is 0.426. The topological polar surface area (TPSA) is 63.6 Å². The van der Waals surface area contributed by atoms with Gasteiger partial charge in [0.2, 0.25) is 0 Å². The van der Waals surface area contributed by atoms with Crippen molar-refractivity contribution in [1.29, 1.82) is 0 Å². The number of ether oxygens (including phenoxy) is 1. The number of carbonyl (C=O) groups excluding carboxylic acids is 2. The van der Waals surface area contributed by atoms with Crippen LogP contribution in [0.25, 0.3) is 5.69 Å². The fourth-order valence-electron chi connectivity index (χ4n) is 4.51. The molecule has 1 aliphatic heterocycles. The average Bonchev–Trinajstić information content (AvgIpc) is 3.32. The van der Waals surface area contributed by atoms with Crippen molar-refractivity contribution in [2.75, 3.05) is 18.7 Å². The molecule has 0 saturated heterocycles. The molecule has 0 fully saturated rings. The van der Waals surface area contributed by atoms with Gasteiger partial charge in [-0.1, -0.05) is 36.4 Å². The van der Waals surface area contributed by atoms with Crippen LogP contribution in [0, 0.1) is 0 Å². The molecule has 4 aromatic rings. The molecule has 2 heterocycles. The Balaban J connectivity index is 1.58. The van der Waals surface area contributed by atoms with Crippen molar-refractivity contribution in [3.05, 3.63) is 114 Å². The molecule has 0 saturated carbocycles. The maximum Gasteiger partial charge on any atom is 0.337 e. The number of anilines is 1. The van der Waals surface area contributed by atoms with E-state index in [9.17, 15) is 9.59 Å². The van der Waals surface area contributed by atoms with Gasteiger partial charge in [0.1, 0.15) is 0 Å². The highest BCUT2D eigenvalue weighted by atomic mass is 32.2. The van der Waals surface area contributed by atoms with E-state index in [1.54, 1.807) is 36.0 Å². The number of benzene rings is 3. The predicted molar refractivity (Wildman–Crippen MR) is 138 cm³/mol. The van der Waals surface area contributed by atoms with Crippen LogP contribution < -0.4 is 5.32 Å². The predicted octanol–water partition coefficient (Wildman–Crippen LogP) is 6.12. The fourth-order valence-corrected chi connectivity index (χ4v) is 4.92. The third-order valence-electron chi connectivity index (χ3n) is 6.19. The quantitative estimate of drug-likeness (QED) is 0.280. The molecule has 1 aliphatic rings. The summed E-state index contributed by atoms with van der Waals surface area (Å²) in [7, 11) is 1.34. The van der Waals surface area contributed by atoms with E-state index < -0.39 is 5.97 Å². The molecule has 1 unspecified atom stereocenters. The number of aromatic nitrogens is 1. The Bertz CT molecular complexity index is 1380. The number of carbonyl (C=O) groups is 2. The van der Waals surface area contributed by atoms with Crippen molar-refractivity contribution in [1.82, 2.24) is 9.47 Å². The van der Waals surface area contributed by atoms with E-state index in [2.05, 4.69) is 52.3 Å². The Morgan fingerprint density at radius 2 is 1.77 bits per heavy atom. The number of thioether (sulfide) groups is 1. The molecule has 1 N–H and O–H groups in total. The van der Waals surface area contributed by atoms with Gasteiger partial charge in [-0.3, -0.25) is 0 Å². The van der Waals surface area contributed by atoms with Gasteiger partial charge in [0.05, 0.1) is 30.9 Å². The number of hydrogen-bond acceptors (Lipinski definition) is 4. The normalized spacial score (nSPS) is 14.5. The Labute approximate surface area is 208 Å². The number of para-hydroxylation sites is 1. The summed E-state index contributed by atoms with van der Waals surface area (Å²) in [5.74, 6) is -0.450. The summed E-state index contributed by atoms with van der Waals surface area (Å²) in [4.78, 5) is 28.8. The zero-order valence-electron chi connectivity index (χ0n) is 19.5. The lowest BCUT2D eigenvalue weighted by molar-refractivity contribution is 0.0600. The minimum absolute atomic E-state index is 0.254. The van der Waals surface area contributed by atoms with Crippen molar-refractivity contribution in [3.8, 4) is 5.69 Å². The highest BCUT2D eigenvalue weighted by molar-refractivity contribution is 7.98. The molecule has 35 heavy (non-hydrogen) atoms. The van der Waals surface area contributed by atoms with E-state index in [0.29, 0.717) is 17.8 Å². The van der Waals surface area contributed by atoms with Gasteiger partial charge >= 0.3 is 12.0 Å². The Kier molecular flexibility index (Phi) is 6.33. The van der Waals surface area contributed by atoms with Crippen molar-refractivity contribution in [2.24, 2.45) is 0 Å². The molecule has 3 aromatic carbocycles. The first-order chi connectivity index (χ1) is 17.1. The summed E-state index contributed by atoms with van der Waals surface area (Å²) in [5.41, 5.74) is 5.04. The summed E-state index contributed by atoms with van der Waals surface area (Å²) in [6.07, 6.45) is 4.09. The Hall–Kier alpha value is -3.97. The minimum atomic E-state index is -0.450. The molecule has 0 aliphatic carbocycles. The second-order valence-corrected chi connectivity index (χ2v) is 9.12. The zero-order valence-corrected chi connectivity index (χ0v) is 20.3. The highest BCUT2D eigenvalue weighted by Crippen LogP contribution is 2.37. The second kappa shape index (κ2) is 9.72. The zero-order chi connectivity index (χ0) is 24.4. The average molecular weight is 484 g/mol. The second-order valence-electron chi connectivity index (χ2n) is 8.24. The number of nitrogens with one attached hydrogen (secondary N) is 1. The van der Waals surface area contributed by atoms with Gasteiger partial charge in [0, 0.05) is 22.5 Å². The molecule has 1 atom stereocenters. The summed E-state index contributed by atoms with van der Waals surface area (Å²) < 4.78 is 6.99. The van der Waals surface area contributed by atoms with Crippen molar-refractivity contribution >= 4 is 29.4 Å². The van der Waals surface area contributed by atoms with Gasteiger partial charge < -0.3 is 19.5 Å². The summed E-state index contributed by atoms with van der Waals surface area (Å²) in [6, 6.07) is 26.8. The molecule has 5 rings (SSSR count). The van der Waals surface area contributed by atoms with E-state index in [4.69, 9.17) is 4.74 Å². The molecule has 6 nitrogen and oxygen atoms in total. The van der Waals surface area contributed by atoms with Crippen LogP contribution in [-0.2, 0) is 11.3 Å². The van der Waals surface area contributed by atoms with Crippen LogP contribution in [0.3, 0.4) is 0 Å². The number of amides is 2. The molecule has 176 valence electrons. The van der Waals surface area contributed by atoms with Crippen LogP contribution in [0.4, 0.5) is 10.5 Å². The molecule has 0 bridgehead atoms. The number of fused-ring (bicyclic) bond motifs is 3. The third-order valence-corrected chi connectivity index (χ3v) is 6.93. The number of methoxy groups -OCH3 is 1. The smallest absolute Gasteiger partial charge is 0.337 e. The minimum Gasteiger partial charge on any atom is -0.465 e. The van der Waals surface area contributed by atoms with Crippen molar-refractivity contribution < 1.29 is 14.3 Å². The van der Waals surface area contributed by atoms with Crippen LogP contribution in [-0.4, -0.2) is 34.8 Å². The molecular formula is C28H25N3O3S. The highest BCUT2D eigenvalue weighted by Gasteiger charge is 2.33. The van der Waals surface area contributed by atoms with Crippen LogP contribution in [0.5, 0.6) is 0 Å². The molecule has 7 heteroatoms. The van der Waals surface area contributed by atoms with Crippen LogP contribution in [0.1, 0.15) is 33.2 Å². The molecule has 2 amide bonds. The number of hydrogen-bond donors (Lipinski definition) is 1. The number of esters is 1. The SMILES string of the molecule is COC(=O)c1cccc(NC(=O)N2Cc3ccccc3-n3cccc3C2c2ccc(SC)cc2)c1. The van der Waals surface area contributed by atoms with Gasteiger partial charge in [-0.15, -0.1) is 11.8 Å². The first kappa shape index (κ1) is 22.8. The summed E-state index contributed by atoms with van der Waals surface area (Å²) >= 11 is 1.68. The molecule has 0 radical (unpaired) electrons. The Morgan fingerprint density at radius 3 is 2.54 bits per heavy atom. The molecule has 0 spiro atoms. The van der Waals surface area contributed by atoms with Gasteiger partial charge in [0.15, 0.2) is 0 Å². The number of nitrogens with zero attached hydrogens (tertiary/aromatic N) is 2. The monoisotopic (exact) mass is 483 g/mol. The Morgan fingerprint density at radius 1 is 0.971 bits per heavy atom. The van der Waals surface area contributed by atoms with Crippen molar-refractivity contribution in [2.45, 2.75) is 17.5 Å². The third kappa shape index (κ3) is 4.42. The van der Waals surface area contributed by atoms with E-state index in [1.807, 2.05) is 35.6 Å². The van der Waals surface area contributed by atoms with E-state index in [0.717, 1.165) is 27.4 Å². The van der Waals surface area contributed by atoms with E-state index >= 15 is 0 Å². The van der Waals surface area contributed by atoms with Gasteiger partial charge in [0.25, 0.3) is 0 Å². The van der Waals surface area contributed by atoms with E-state index in [-0.39, 0.29) is 12.1 Å².